The van der Waals surface area contributed by atoms with Crippen molar-refractivity contribution in [1.29, 1.82) is 0 Å². The Hall–Kier alpha value is -3.40. The van der Waals surface area contributed by atoms with E-state index < -0.39 is 10.9 Å². The van der Waals surface area contributed by atoms with Gasteiger partial charge >= 0.3 is 5.97 Å². The number of carboxylic acids is 1. The Morgan fingerprint density at radius 1 is 1.23 bits per heavy atom. The molecule has 0 aliphatic heterocycles. The van der Waals surface area contributed by atoms with Gasteiger partial charge in [0.2, 0.25) is 5.89 Å². The number of para-hydroxylation sites is 1. The summed E-state index contributed by atoms with van der Waals surface area (Å²) in [5, 5.41) is 27.9. The zero-order chi connectivity index (χ0) is 18.7. The van der Waals surface area contributed by atoms with Crippen molar-refractivity contribution in [2.45, 2.75) is 12.1 Å². The lowest BCUT2D eigenvalue weighted by Gasteiger charge is -1.99. The lowest BCUT2D eigenvalue weighted by Crippen LogP contribution is -1.96. The van der Waals surface area contributed by atoms with E-state index in [0.717, 1.165) is 11.8 Å². The third-order valence-corrected chi connectivity index (χ3v) is 4.03. The Morgan fingerprint density at radius 3 is 2.65 bits per heavy atom. The van der Waals surface area contributed by atoms with E-state index in [1.54, 1.807) is 25.1 Å². The zero-order valence-corrected chi connectivity index (χ0v) is 14.1. The average Bonchev–Trinajstić information content (AvgIpc) is 3.23. The SMILES string of the molecule is Cc1nnc(S/C(=C/c2ccc(-c3ccccc3[N+](=O)[O-])o2)C(=O)O)o1. The van der Waals surface area contributed by atoms with Crippen molar-refractivity contribution in [3.63, 3.8) is 0 Å². The standard InChI is InChI=1S/C16H11N3O6S/c1-9-17-18-16(24-9)26-14(15(20)21)8-10-6-7-13(25-10)11-4-2-3-5-12(11)19(22)23/h2-8H,1H3,(H,20,21)/b14-8+. The smallest absolute Gasteiger partial charge is 0.342 e. The highest BCUT2D eigenvalue weighted by Crippen LogP contribution is 2.33. The molecule has 0 bridgehead atoms. The predicted octanol–water partition coefficient (Wildman–Crippen LogP) is 3.76. The summed E-state index contributed by atoms with van der Waals surface area (Å²) >= 11 is 0.779. The van der Waals surface area contributed by atoms with E-state index in [1.165, 1.54) is 24.3 Å². The second-order valence-corrected chi connectivity index (χ2v) is 5.97. The van der Waals surface area contributed by atoms with Crippen molar-refractivity contribution >= 4 is 29.5 Å². The number of thioether (sulfide) groups is 1. The molecule has 26 heavy (non-hydrogen) atoms. The van der Waals surface area contributed by atoms with Crippen LogP contribution in [0.3, 0.4) is 0 Å². The Balaban J connectivity index is 1.92. The van der Waals surface area contributed by atoms with Crippen LogP contribution < -0.4 is 0 Å². The van der Waals surface area contributed by atoms with Crippen molar-refractivity contribution in [3.8, 4) is 11.3 Å². The van der Waals surface area contributed by atoms with Gasteiger partial charge in [-0.05, 0) is 30.0 Å². The maximum Gasteiger partial charge on any atom is 0.342 e. The summed E-state index contributed by atoms with van der Waals surface area (Å²) in [7, 11) is 0. The lowest BCUT2D eigenvalue weighted by atomic mass is 10.1. The molecule has 0 spiro atoms. The van der Waals surface area contributed by atoms with E-state index >= 15 is 0 Å². The molecule has 2 aromatic heterocycles. The molecule has 132 valence electrons. The van der Waals surface area contributed by atoms with Crippen LogP contribution in [0.5, 0.6) is 0 Å². The fourth-order valence-electron chi connectivity index (χ4n) is 2.09. The monoisotopic (exact) mass is 373 g/mol. The molecule has 10 heteroatoms. The van der Waals surface area contributed by atoms with Crippen LogP contribution in [-0.2, 0) is 4.79 Å². The summed E-state index contributed by atoms with van der Waals surface area (Å²) in [5.74, 6) is -0.408. The highest BCUT2D eigenvalue weighted by Gasteiger charge is 2.18. The number of hydrogen-bond acceptors (Lipinski definition) is 8. The summed E-state index contributed by atoms with van der Waals surface area (Å²) in [6, 6.07) is 9.18. The van der Waals surface area contributed by atoms with Crippen LogP contribution in [-0.4, -0.2) is 26.2 Å². The first-order valence-electron chi connectivity index (χ1n) is 7.20. The number of rotatable bonds is 6. The first kappa shape index (κ1) is 17.4. The van der Waals surface area contributed by atoms with E-state index in [2.05, 4.69) is 10.2 Å². The molecule has 0 aliphatic carbocycles. The van der Waals surface area contributed by atoms with Gasteiger partial charge in [0.15, 0.2) is 0 Å². The van der Waals surface area contributed by atoms with Crippen LogP contribution in [0.4, 0.5) is 5.69 Å². The van der Waals surface area contributed by atoms with Gasteiger partial charge in [-0.3, -0.25) is 10.1 Å². The second-order valence-electron chi connectivity index (χ2n) is 4.98. The van der Waals surface area contributed by atoms with Crippen LogP contribution in [0, 0.1) is 17.0 Å². The third kappa shape index (κ3) is 3.81. The Kier molecular flexibility index (Phi) is 4.85. The minimum atomic E-state index is -1.20. The van der Waals surface area contributed by atoms with Crippen LogP contribution in [0.2, 0.25) is 0 Å². The number of benzene rings is 1. The second kappa shape index (κ2) is 7.23. The molecule has 3 rings (SSSR count). The predicted molar refractivity (Wildman–Crippen MR) is 91.3 cm³/mol. The maximum atomic E-state index is 11.4. The van der Waals surface area contributed by atoms with Crippen molar-refractivity contribution in [3.05, 3.63) is 63.1 Å². The molecule has 0 unspecified atom stereocenters. The summed E-state index contributed by atoms with van der Waals surface area (Å²) < 4.78 is 10.7. The van der Waals surface area contributed by atoms with Crippen LogP contribution in [0.15, 0.2) is 55.4 Å². The van der Waals surface area contributed by atoms with Crippen LogP contribution in [0.1, 0.15) is 11.7 Å². The minimum absolute atomic E-state index is 0.0848. The van der Waals surface area contributed by atoms with Crippen molar-refractivity contribution in [2.75, 3.05) is 0 Å². The third-order valence-electron chi connectivity index (χ3n) is 3.18. The number of nitrogens with zero attached hydrogens (tertiary/aromatic N) is 3. The molecule has 1 aromatic carbocycles. The molecule has 9 nitrogen and oxygen atoms in total. The number of hydrogen-bond donors (Lipinski definition) is 1. The molecule has 0 amide bonds. The van der Waals surface area contributed by atoms with E-state index in [1.807, 2.05) is 0 Å². The van der Waals surface area contributed by atoms with Crippen LogP contribution >= 0.6 is 11.8 Å². The van der Waals surface area contributed by atoms with Gasteiger partial charge in [0.1, 0.15) is 16.4 Å². The number of carboxylic acid groups (broad SMARTS) is 1. The molecular weight excluding hydrogens is 362 g/mol. The fourth-order valence-corrected chi connectivity index (χ4v) is 2.79. The molecule has 3 aromatic rings. The molecule has 0 aliphatic rings. The van der Waals surface area contributed by atoms with Gasteiger partial charge in [-0.15, -0.1) is 10.2 Å². The Labute approximate surface area is 150 Å². The normalized spacial score (nSPS) is 11.5. The first-order chi connectivity index (χ1) is 12.4. The van der Waals surface area contributed by atoms with Gasteiger partial charge in [-0.25, -0.2) is 4.79 Å². The number of aromatic nitrogens is 2. The topological polar surface area (TPSA) is 132 Å². The van der Waals surface area contributed by atoms with Gasteiger partial charge in [0.05, 0.1) is 10.5 Å². The number of furan rings is 1. The molecule has 0 fully saturated rings. The van der Waals surface area contributed by atoms with E-state index in [0.29, 0.717) is 11.5 Å². The molecule has 0 radical (unpaired) electrons. The quantitative estimate of drug-likeness (QED) is 0.297. The molecule has 0 saturated carbocycles. The van der Waals surface area contributed by atoms with E-state index in [9.17, 15) is 20.0 Å². The van der Waals surface area contributed by atoms with Gasteiger partial charge in [-0.2, -0.15) is 0 Å². The van der Waals surface area contributed by atoms with Crippen molar-refractivity contribution in [1.82, 2.24) is 10.2 Å². The van der Waals surface area contributed by atoms with Gasteiger partial charge in [0.25, 0.3) is 10.9 Å². The molecule has 0 saturated heterocycles. The van der Waals surface area contributed by atoms with Crippen molar-refractivity contribution < 1.29 is 23.7 Å². The largest absolute Gasteiger partial charge is 0.477 e. The number of nitro benzene ring substituents is 1. The van der Waals surface area contributed by atoms with E-state index in [-0.39, 0.29) is 27.3 Å². The van der Waals surface area contributed by atoms with Gasteiger partial charge in [0, 0.05) is 19.1 Å². The Bertz CT molecular complexity index is 1010. The summed E-state index contributed by atoms with van der Waals surface area (Å²) in [6.07, 6.45) is 1.28. The van der Waals surface area contributed by atoms with Gasteiger partial charge < -0.3 is 13.9 Å². The number of carbonyl (C=O) groups is 1. The first-order valence-corrected chi connectivity index (χ1v) is 8.02. The van der Waals surface area contributed by atoms with Gasteiger partial charge in [-0.1, -0.05) is 12.1 Å². The van der Waals surface area contributed by atoms with Crippen molar-refractivity contribution in [2.24, 2.45) is 0 Å². The maximum absolute atomic E-state index is 11.4. The number of aryl methyl sites for hydroxylation is 1. The summed E-state index contributed by atoms with van der Waals surface area (Å²) in [5.41, 5.74) is 0.195. The van der Waals surface area contributed by atoms with Crippen LogP contribution in [0.25, 0.3) is 17.4 Å². The average molecular weight is 373 g/mol. The highest BCUT2D eigenvalue weighted by molar-refractivity contribution is 8.03. The highest BCUT2D eigenvalue weighted by atomic mass is 32.2. The summed E-state index contributed by atoms with van der Waals surface area (Å²) in [6.45, 7) is 1.59. The molecule has 0 atom stereocenters. The molecule has 1 N–H and O–H groups in total. The van der Waals surface area contributed by atoms with E-state index in [4.69, 9.17) is 8.83 Å². The lowest BCUT2D eigenvalue weighted by molar-refractivity contribution is -0.384. The number of aliphatic carboxylic acids is 1. The zero-order valence-electron chi connectivity index (χ0n) is 13.3. The Morgan fingerprint density at radius 2 is 2.00 bits per heavy atom. The minimum Gasteiger partial charge on any atom is -0.477 e. The summed E-state index contributed by atoms with van der Waals surface area (Å²) in [4.78, 5) is 21.9. The number of nitro groups is 1. The molecular formula is C16H11N3O6S. The fraction of sp³-hybridized carbons (Fsp3) is 0.0625. The molecule has 2 heterocycles.